The van der Waals surface area contributed by atoms with Gasteiger partial charge < -0.3 is 15.4 Å². The van der Waals surface area contributed by atoms with Crippen LogP contribution >= 0.6 is 11.6 Å². The average Bonchev–Trinajstić information content (AvgIpc) is 2.39. The SMILES string of the molecule is COc1ncc(Cl)c(N2CCCC(CN)C2)n1. The van der Waals surface area contributed by atoms with Gasteiger partial charge in [0.25, 0.3) is 0 Å². The van der Waals surface area contributed by atoms with Gasteiger partial charge in [0.1, 0.15) is 5.02 Å². The van der Waals surface area contributed by atoms with Crippen molar-refractivity contribution in [3.8, 4) is 6.01 Å². The Balaban J connectivity index is 2.20. The highest BCUT2D eigenvalue weighted by Crippen LogP contribution is 2.28. The molecule has 0 spiro atoms. The van der Waals surface area contributed by atoms with Gasteiger partial charge in [0.05, 0.1) is 13.3 Å². The van der Waals surface area contributed by atoms with Crippen LogP contribution < -0.4 is 15.4 Å². The van der Waals surface area contributed by atoms with Gasteiger partial charge in [-0.05, 0) is 25.3 Å². The normalized spacial score (nSPS) is 20.4. The molecule has 1 atom stereocenters. The molecule has 1 fully saturated rings. The molecule has 1 aliphatic heterocycles. The molecular weight excluding hydrogens is 240 g/mol. The summed E-state index contributed by atoms with van der Waals surface area (Å²) in [6.07, 6.45) is 3.87. The third-order valence-electron chi connectivity index (χ3n) is 3.04. The molecule has 1 unspecified atom stereocenters. The zero-order valence-electron chi connectivity index (χ0n) is 9.90. The Morgan fingerprint density at radius 3 is 3.18 bits per heavy atom. The molecule has 1 aliphatic rings. The minimum Gasteiger partial charge on any atom is -0.467 e. The third-order valence-corrected chi connectivity index (χ3v) is 3.30. The van der Waals surface area contributed by atoms with Crippen molar-refractivity contribution >= 4 is 17.4 Å². The van der Waals surface area contributed by atoms with Gasteiger partial charge in [-0.2, -0.15) is 4.98 Å². The number of methoxy groups -OCH3 is 1. The Morgan fingerprint density at radius 1 is 1.65 bits per heavy atom. The van der Waals surface area contributed by atoms with Gasteiger partial charge in [0.15, 0.2) is 5.82 Å². The minimum absolute atomic E-state index is 0.347. The van der Waals surface area contributed by atoms with E-state index in [-0.39, 0.29) is 0 Å². The molecule has 0 bridgehead atoms. The fourth-order valence-corrected chi connectivity index (χ4v) is 2.32. The van der Waals surface area contributed by atoms with Gasteiger partial charge in [-0.3, -0.25) is 0 Å². The first kappa shape index (κ1) is 12.4. The molecule has 6 heteroatoms. The summed E-state index contributed by atoms with van der Waals surface area (Å²) in [5, 5.41) is 0.559. The molecule has 2 N–H and O–H groups in total. The van der Waals surface area contributed by atoms with Crippen molar-refractivity contribution in [1.82, 2.24) is 9.97 Å². The first-order chi connectivity index (χ1) is 8.24. The lowest BCUT2D eigenvalue weighted by Gasteiger charge is -2.33. The van der Waals surface area contributed by atoms with E-state index in [9.17, 15) is 0 Å². The minimum atomic E-state index is 0.347. The second-order valence-corrected chi connectivity index (χ2v) is 4.63. The van der Waals surface area contributed by atoms with Crippen molar-refractivity contribution in [2.75, 3.05) is 31.6 Å². The van der Waals surface area contributed by atoms with Crippen LogP contribution in [0, 0.1) is 5.92 Å². The second kappa shape index (κ2) is 5.51. The molecule has 2 rings (SSSR count). The lowest BCUT2D eigenvalue weighted by molar-refractivity contribution is 0.377. The molecule has 1 aromatic heterocycles. The molecular formula is C11H17ClN4O. The summed E-state index contributed by atoms with van der Waals surface area (Å²) in [5.41, 5.74) is 5.72. The van der Waals surface area contributed by atoms with E-state index in [2.05, 4.69) is 14.9 Å². The lowest BCUT2D eigenvalue weighted by atomic mass is 9.98. The molecule has 0 aromatic carbocycles. The Hall–Kier alpha value is -1.07. The van der Waals surface area contributed by atoms with Crippen molar-refractivity contribution in [3.05, 3.63) is 11.2 Å². The molecule has 0 radical (unpaired) electrons. The standard InChI is InChI=1S/C11H17ClN4O/c1-17-11-14-6-9(12)10(15-11)16-4-2-3-8(5-13)7-16/h6,8H,2-5,7,13H2,1H3. The quantitative estimate of drug-likeness (QED) is 0.884. The average molecular weight is 257 g/mol. The van der Waals surface area contributed by atoms with E-state index in [1.807, 2.05) is 0 Å². The summed E-state index contributed by atoms with van der Waals surface area (Å²) in [4.78, 5) is 10.4. The van der Waals surface area contributed by atoms with E-state index in [4.69, 9.17) is 22.1 Å². The highest BCUT2D eigenvalue weighted by atomic mass is 35.5. The summed E-state index contributed by atoms with van der Waals surface area (Å²) in [6.45, 7) is 2.56. The van der Waals surface area contributed by atoms with Gasteiger partial charge in [-0.1, -0.05) is 11.6 Å². The molecule has 17 heavy (non-hydrogen) atoms. The zero-order chi connectivity index (χ0) is 12.3. The first-order valence-corrected chi connectivity index (χ1v) is 6.14. The fraction of sp³-hybridized carbons (Fsp3) is 0.636. The monoisotopic (exact) mass is 256 g/mol. The molecule has 1 aromatic rings. The predicted octanol–water partition coefficient (Wildman–Crippen LogP) is 1.31. The number of ether oxygens (including phenoxy) is 1. The van der Waals surface area contributed by atoms with Gasteiger partial charge in [0.2, 0.25) is 0 Å². The number of hydrogen-bond acceptors (Lipinski definition) is 5. The summed E-state index contributed by atoms with van der Waals surface area (Å²) >= 11 is 6.12. The van der Waals surface area contributed by atoms with Crippen LogP contribution in [0.15, 0.2) is 6.20 Å². The summed E-state index contributed by atoms with van der Waals surface area (Å²) in [6, 6.07) is 0.347. The van der Waals surface area contributed by atoms with Crippen LogP contribution in [0.1, 0.15) is 12.8 Å². The number of nitrogens with zero attached hydrogens (tertiary/aromatic N) is 3. The van der Waals surface area contributed by atoms with Gasteiger partial charge in [-0.15, -0.1) is 0 Å². The molecule has 0 aliphatic carbocycles. The highest BCUT2D eigenvalue weighted by molar-refractivity contribution is 6.32. The second-order valence-electron chi connectivity index (χ2n) is 4.22. The molecule has 1 saturated heterocycles. The number of halogens is 1. The summed E-state index contributed by atoms with van der Waals surface area (Å²) in [7, 11) is 1.55. The van der Waals surface area contributed by atoms with Crippen LogP contribution in [0.25, 0.3) is 0 Å². The zero-order valence-corrected chi connectivity index (χ0v) is 10.7. The van der Waals surface area contributed by atoms with Crippen molar-refractivity contribution < 1.29 is 4.74 Å². The van der Waals surface area contributed by atoms with E-state index >= 15 is 0 Å². The van der Waals surface area contributed by atoms with E-state index in [1.165, 1.54) is 6.42 Å². The maximum absolute atomic E-state index is 6.12. The number of hydrogen-bond donors (Lipinski definition) is 1. The largest absolute Gasteiger partial charge is 0.467 e. The third kappa shape index (κ3) is 2.79. The van der Waals surface area contributed by atoms with E-state index < -0.39 is 0 Å². The van der Waals surface area contributed by atoms with E-state index in [1.54, 1.807) is 13.3 Å². The number of anilines is 1. The van der Waals surface area contributed by atoms with Crippen LogP contribution in [-0.2, 0) is 0 Å². The predicted molar refractivity (Wildman–Crippen MR) is 67.6 cm³/mol. The van der Waals surface area contributed by atoms with Crippen molar-refractivity contribution in [1.29, 1.82) is 0 Å². The molecule has 2 heterocycles. The van der Waals surface area contributed by atoms with Crippen LogP contribution in [0.4, 0.5) is 5.82 Å². The maximum Gasteiger partial charge on any atom is 0.318 e. The van der Waals surface area contributed by atoms with Crippen LogP contribution in [0.5, 0.6) is 6.01 Å². The van der Waals surface area contributed by atoms with E-state index in [0.29, 0.717) is 23.5 Å². The Bertz CT molecular complexity index is 388. The Morgan fingerprint density at radius 2 is 2.47 bits per heavy atom. The van der Waals surface area contributed by atoms with Crippen LogP contribution in [0.3, 0.4) is 0 Å². The first-order valence-electron chi connectivity index (χ1n) is 5.76. The number of rotatable bonds is 3. The van der Waals surface area contributed by atoms with Crippen LogP contribution in [-0.4, -0.2) is 36.7 Å². The lowest BCUT2D eigenvalue weighted by Crippen LogP contribution is -2.39. The number of nitrogens with two attached hydrogens (primary N) is 1. The van der Waals surface area contributed by atoms with Crippen molar-refractivity contribution in [3.63, 3.8) is 0 Å². The highest BCUT2D eigenvalue weighted by Gasteiger charge is 2.22. The van der Waals surface area contributed by atoms with Gasteiger partial charge >= 0.3 is 6.01 Å². The Kier molecular flexibility index (Phi) is 4.02. The van der Waals surface area contributed by atoms with Gasteiger partial charge in [0, 0.05) is 13.1 Å². The smallest absolute Gasteiger partial charge is 0.318 e. The fourth-order valence-electron chi connectivity index (χ4n) is 2.11. The number of piperidine rings is 1. The topological polar surface area (TPSA) is 64.3 Å². The van der Waals surface area contributed by atoms with Crippen molar-refractivity contribution in [2.24, 2.45) is 11.7 Å². The van der Waals surface area contributed by atoms with Crippen LogP contribution in [0.2, 0.25) is 5.02 Å². The Labute approximate surface area is 106 Å². The molecule has 5 nitrogen and oxygen atoms in total. The van der Waals surface area contributed by atoms with E-state index in [0.717, 1.165) is 25.3 Å². The van der Waals surface area contributed by atoms with Crippen molar-refractivity contribution in [2.45, 2.75) is 12.8 Å². The molecule has 0 amide bonds. The molecule has 94 valence electrons. The maximum atomic E-state index is 6.12. The number of aromatic nitrogens is 2. The summed E-state index contributed by atoms with van der Waals surface area (Å²) in [5.74, 6) is 1.26. The molecule has 0 saturated carbocycles. The summed E-state index contributed by atoms with van der Waals surface area (Å²) < 4.78 is 5.02. The van der Waals surface area contributed by atoms with Gasteiger partial charge in [-0.25, -0.2) is 4.98 Å².